The maximum Gasteiger partial charge on any atom is 0.222 e. The zero-order valence-corrected chi connectivity index (χ0v) is 10.4. The Morgan fingerprint density at radius 1 is 1.22 bits per heavy atom. The number of hydrogen-bond donors (Lipinski definition) is 2. The minimum absolute atomic E-state index is 0.310. The lowest BCUT2D eigenvalue weighted by Crippen LogP contribution is -2.02. The van der Waals surface area contributed by atoms with E-state index in [-0.39, 0.29) is 0 Å². The highest BCUT2D eigenvalue weighted by Crippen LogP contribution is 2.30. The molecule has 0 spiro atoms. The fourth-order valence-electron chi connectivity index (χ4n) is 2.53. The van der Waals surface area contributed by atoms with Crippen molar-refractivity contribution < 1.29 is 0 Å². The van der Waals surface area contributed by atoms with Gasteiger partial charge >= 0.3 is 0 Å². The van der Waals surface area contributed by atoms with E-state index in [0.717, 1.165) is 23.6 Å². The topological polar surface area (TPSA) is 63.8 Å². The number of nitrogens with one attached hydrogen (secondary N) is 1. The number of rotatable bonds is 2. The van der Waals surface area contributed by atoms with Gasteiger partial charge in [-0.25, -0.2) is 4.98 Å². The lowest BCUT2D eigenvalue weighted by atomic mass is 10.1. The second kappa shape index (κ2) is 4.29. The molecule has 3 N–H and O–H groups in total. The Bertz CT molecular complexity index is 572. The molecule has 92 valence electrons. The highest BCUT2D eigenvalue weighted by molar-refractivity contribution is 5.64. The Morgan fingerprint density at radius 2 is 2.11 bits per heavy atom. The molecule has 0 bridgehead atoms. The van der Waals surface area contributed by atoms with Crippen LogP contribution in [0.5, 0.6) is 0 Å². The number of hydrogen-bond acceptors (Lipinski definition) is 4. The molecule has 0 saturated heterocycles. The minimum Gasteiger partial charge on any atom is -0.368 e. The second-order valence-corrected chi connectivity index (χ2v) is 4.67. The number of nitrogen functional groups attached to an aromatic ring is 1. The first-order valence-electron chi connectivity index (χ1n) is 6.21. The second-order valence-electron chi connectivity index (χ2n) is 4.67. The van der Waals surface area contributed by atoms with Gasteiger partial charge in [-0.05, 0) is 43.4 Å². The van der Waals surface area contributed by atoms with Gasteiger partial charge in [-0.15, -0.1) is 0 Å². The predicted molar refractivity (Wildman–Crippen MR) is 72.9 cm³/mol. The summed E-state index contributed by atoms with van der Waals surface area (Å²) in [7, 11) is 0. The zero-order valence-electron chi connectivity index (χ0n) is 10.4. The molecule has 1 aliphatic carbocycles. The van der Waals surface area contributed by atoms with Crippen molar-refractivity contribution in [3.8, 4) is 0 Å². The SMILES string of the molecule is Cc1cc(Nc2cccc3c2CCC3)nc(N)n1. The third-order valence-electron chi connectivity index (χ3n) is 3.28. The summed E-state index contributed by atoms with van der Waals surface area (Å²) in [6, 6.07) is 8.29. The van der Waals surface area contributed by atoms with E-state index in [0.29, 0.717) is 5.95 Å². The Balaban J connectivity index is 1.95. The number of benzene rings is 1. The molecule has 1 aromatic carbocycles. The highest BCUT2D eigenvalue weighted by Gasteiger charge is 2.14. The Hall–Kier alpha value is -2.10. The molecule has 0 saturated carbocycles. The Labute approximate surface area is 106 Å². The van der Waals surface area contributed by atoms with E-state index < -0.39 is 0 Å². The summed E-state index contributed by atoms with van der Waals surface area (Å²) in [4.78, 5) is 8.29. The molecule has 3 rings (SSSR count). The fourth-order valence-corrected chi connectivity index (χ4v) is 2.53. The molecule has 18 heavy (non-hydrogen) atoms. The van der Waals surface area contributed by atoms with Crippen LogP contribution in [-0.4, -0.2) is 9.97 Å². The van der Waals surface area contributed by atoms with Crippen molar-refractivity contribution in [1.82, 2.24) is 9.97 Å². The van der Waals surface area contributed by atoms with Crippen LogP contribution >= 0.6 is 0 Å². The summed E-state index contributed by atoms with van der Waals surface area (Å²) < 4.78 is 0. The van der Waals surface area contributed by atoms with E-state index in [4.69, 9.17) is 5.73 Å². The number of nitrogens with two attached hydrogens (primary N) is 1. The molecule has 4 nitrogen and oxygen atoms in total. The number of nitrogens with zero attached hydrogens (tertiary/aromatic N) is 2. The van der Waals surface area contributed by atoms with E-state index in [1.54, 1.807) is 0 Å². The summed E-state index contributed by atoms with van der Waals surface area (Å²) in [6.45, 7) is 1.92. The van der Waals surface area contributed by atoms with Crippen LogP contribution in [0.4, 0.5) is 17.5 Å². The van der Waals surface area contributed by atoms with Crippen LogP contribution in [0.1, 0.15) is 23.2 Å². The van der Waals surface area contributed by atoms with Crippen molar-refractivity contribution in [3.05, 3.63) is 41.1 Å². The van der Waals surface area contributed by atoms with Crippen molar-refractivity contribution in [3.63, 3.8) is 0 Å². The van der Waals surface area contributed by atoms with E-state index in [2.05, 4.69) is 33.5 Å². The van der Waals surface area contributed by atoms with Gasteiger partial charge in [-0.2, -0.15) is 4.98 Å². The van der Waals surface area contributed by atoms with Crippen molar-refractivity contribution in [2.45, 2.75) is 26.2 Å². The first kappa shape index (κ1) is 11.0. The summed E-state index contributed by atoms with van der Waals surface area (Å²) >= 11 is 0. The molecule has 0 unspecified atom stereocenters. The molecule has 2 aromatic rings. The zero-order chi connectivity index (χ0) is 12.5. The summed E-state index contributed by atoms with van der Waals surface area (Å²) in [6.07, 6.45) is 3.55. The van der Waals surface area contributed by atoms with E-state index in [1.165, 1.54) is 24.0 Å². The molecule has 0 aliphatic heterocycles. The smallest absolute Gasteiger partial charge is 0.222 e. The van der Waals surface area contributed by atoms with Gasteiger partial charge in [-0.1, -0.05) is 12.1 Å². The van der Waals surface area contributed by atoms with E-state index in [1.807, 2.05) is 13.0 Å². The number of aromatic nitrogens is 2. The van der Waals surface area contributed by atoms with Gasteiger partial charge in [0.1, 0.15) is 5.82 Å². The monoisotopic (exact) mass is 240 g/mol. The summed E-state index contributed by atoms with van der Waals surface area (Å²) in [5.41, 5.74) is 10.5. The van der Waals surface area contributed by atoms with E-state index in [9.17, 15) is 0 Å². The van der Waals surface area contributed by atoms with Crippen LogP contribution in [-0.2, 0) is 12.8 Å². The molecule has 1 aromatic heterocycles. The predicted octanol–water partition coefficient (Wildman–Crippen LogP) is 2.60. The molecule has 0 fully saturated rings. The Kier molecular flexibility index (Phi) is 2.63. The average molecular weight is 240 g/mol. The van der Waals surface area contributed by atoms with Crippen LogP contribution < -0.4 is 11.1 Å². The first-order valence-corrected chi connectivity index (χ1v) is 6.21. The highest BCUT2D eigenvalue weighted by atomic mass is 15.1. The normalized spacial score (nSPS) is 13.4. The standard InChI is InChI=1S/C14H16N4/c1-9-8-13(18-14(15)16-9)17-12-7-3-5-10-4-2-6-11(10)12/h3,5,7-8H,2,4,6H2,1H3,(H3,15,16,17,18). The average Bonchev–Trinajstić information content (AvgIpc) is 2.76. The van der Waals surface area contributed by atoms with Crippen molar-refractivity contribution in [1.29, 1.82) is 0 Å². The third kappa shape index (κ3) is 2.01. The third-order valence-corrected chi connectivity index (χ3v) is 3.28. The lowest BCUT2D eigenvalue weighted by molar-refractivity contribution is 0.912. The number of aryl methyl sites for hydroxylation is 2. The molecule has 1 heterocycles. The van der Waals surface area contributed by atoms with Crippen LogP contribution in [0.15, 0.2) is 24.3 Å². The molecular formula is C14H16N4. The molecular weight excluding hydrogens is 224 g/mol. The van der Waals surface area contributed by atoms with Gasteiger partial charge < -0.3 is 11.1 Å². The molecule has 0 radical (unpaired) electrons. The van der Waals surface area contributed by atoms with Crippen molar-refractivity contribution in [2.75, 3.05) is 11.1 Å². The quantitative estimate of drug-likeness (QED) is 0.847. The first-order chi connectivity index (χ1) is 8.72. The maximum atomic E-state index is 5.66. The van der Waals surface area contributed by atoms with Gasteiger partial charge in [0.25, 0.3) is 0 Å². The molecule has 4 heteroatoms. The van der Waals surface area contributed by atoms with Gasteiger partial charge in [0.05, 0.1) is 0 Å². The van der Waals surface area contributed by atoms with E-state index >= 15 is 0 Å². The van der Waals surface area contributed by atoms with Crippen LogP contribution in [0, 0.1) is 6.92 Å². The minimum atomic E-state index is 0.310. The summed E-state index contributed by atoms with van der Waals surface area (Å²) in [5.74, 6) is 1.07. The van der Waals surface area contributed by atoms with Gasteiger partial charge in [-0.3, -0.25) is 0 Å². The van der Waals surface area contributed by atoms with Crippen LogP contribution in [0.25, 0.3) is 0 Å². The van der Waals surface area contributed by atoms with Gasteiger partial charge in [0.15, 0.2) is 0 Å². The fraction of sp³-hybridized carbons (Fsp3) is 0.286. The van der Waals surface area contributed by atoms with Crippen molar-refractivity contribution in [2.24, 2.45) is 0 Å². The maximum absolute atomic E-state index is 5.66. The van der Waals surface area contributed by atoms with Gasteiger partial charge in [0.2, 0.25) is 5.95 Å². The van der Waals surface area contributed by atoms with Crippen LogP contribution in [0.2, 0.25) is 0 Å². The molecule has 0 amide bonds. The number of fused-ring (bicyclic) bond motifs is 1. The molecule has 0 atom stereocenters. The van der Waals surface area contributed by atoms with Crippen LogP contribution in [0.3, 0.4) is 0 Å². The summed E-state index contributed by atoms with van der Waals surface area (Å²) in [5, 5.41) is 3.35. The number of anilines is 3. The lowest BCUT2D eigenvalue weighted by Gasteiger charge is -2.11. The van der Waals surface area contributed by atoms with Crippen molar-refractivity contribution >= 4 is 17.5 Å². The Morgan fingerprint density at radius 3 is 2.94 bits per heavy atom. The largest absolute Gasteiger partial charge is 0.368 e. The molecule has 1 aliphatic rings. The van der Waals surface area contributed by atoms with Gasteiger partial charge in [0, 0.05) is 17.4 Å².